The van der Waals surface area contributed by atoms with Crippen molar-refractivity contribution in [3.63, 3.8) is 0 Å². The summed E-state index contributed by atoms with van der Waals surface area (Å²) in [5.74, 6) is 0.526. The fourth-order valence-corrected chi connectivity index (χ4v) is 1.03. The zero-order valence-corrected chi connectivity index (χ0v) is 9.31. The van der Waals surface area contributed by atoms with Crippen molar-refractivity contribution < 1.29 is 13.2 Å². The molecular formula is C9H11ClF3N3. The van der Waals surface area contributed by atoms with Crippen LogP contribution in [0.3, 0.4) is 0 Å². The summed E-state index contributed by atoms with van der Waals surface area (Å²) >= 11 is 5.56. The first-order chi connectivity index (χ1) is 7.43. The summed E-state index contributed by atoms with van der Waals surface area (Å²) in [7, 11) is 0. The molecule has 1 heterocycles. The first-order valence-corrected chi connectivity index (χ1v) is 5.17. The van der Waals surface area contributed by atoms with Crippen LogP contribution in [0.1, 0.15) is 12.6 Å². The third-order valence-corrected chi connectivity index (χ3v) is 2.34. The lowest BCUT2D eigenvalue weighted by atomic mass is 10.2. The van der Waals surface area contributed by atoms with Gasteiger partial charge in [-0.05, 0) is 12.0 Å². The lowest BCUT2D eigenvalue weighted by Gasteiger charge is -2.10. The molecule has 0 aliphatic rings. The van der Waals surface area contributed by atoms with E-state index in [9.17, 15) is 13.2 Å². The average Bonchev–Trinajstić information content (AvgIpc) is 2.25. The van der Waals surface area contributed by atoms with E-state index in [1.807, 2.05) is 6.92 Å². The van der Waals surface area contributed by atoms with Gasteiger partial charge in [0, 0.05) is 18.6 Å². The predicted octanol–water partition coefficient (Wildman–Crippen LogP) is 2.78. The lowest BCUT2D eigenvalue weighted by molar-refractivity contribution is -0.141. The second-order valence-corrected chi connectivity index (χ2v) is 3.71. The van der Waals surface area contributed by atoms with Crippen LogP contribution in [0.15, 0.2) is 12.3 Å². The average molecular weight is 254 g/mol. The molecule has 0 bridgehead atoms. The van der Waals surface area contributed by atoms with Crippen LogP contribution in [0.2, 0.25) is 0 Å². The molecule has 0 aliphatic carbocycles. The topological polar surface area (TPSA) is 37.8 Å². The summed E-state index contributed by atoms with van der Waals surface area (Å²) in [4.78, 5) is 7.05. The number of nitrogens with one attached hydrogen (secondary N) is 1. The van der Waals surface area contributed by atoms with Crippen LogP contribution < -0.4 is 5.32 Å². The van der Waals surface area contributed by atoms with Gasteiger partial charge in [-0.2, -0.15) is 13.2 Å². The quantitative estimate of drug-likeness (QED) is 0.839. The van der Waals surface area contributed by atoms with Crippen molar-refractivity contribution in [2.45, 2.75) is 13.1 Å². The van der Waals surface area contributed by atoms with E-state index in [0.717, 1.165) is 12.3 Å². The molecule has 1 aromatic rings. The molecule has 0 spiro atoms. The molecule has 1 aromatic heterocycles. The van der Waals surface area contributed by atoms with Gasteiger partial charge in [0.05, 0.1) is 0 Å². The molecule has 0 saturated heterocycles. The van der Waals surface area contributed by atoms with Crippen molar-refractivity contribution >= 4 is 17.5 Å². The summed E-state index contributed by atoms with van der Waals surface area (Å²) in [5, 5.41) is 2.70. The van der Waals surface area contributed by atoms with Crippen molar-refractivity contribution in [1.29, 1.82) is 0 Å². The Morgan fingerprint density at radius 3 is 2.75 bits per heavy atom. The van der Waals surface area contributed by atoms with Crippen LogP contribution >= 0.6 is 11.6 Å². The van der Waals surface area contributed by atoms with E-state index < -0.39 is 11.9 Å². The number of aromatic nitrogens is 2. The van der Waals surface area contributed by atoms with Crippen LogP contribution in [-0.4, -0.2) is 22.4 Å². The first kappa shape index (κ1) is 13.0. The van der Waals surface area contributed by atoms with E-state index in [1.165, 1.54) is 0 Å². The minimum absolute atomic E-state index is 0.0354. The van der Waals surface area contributed by atoms with E-state index in [2.05, 4.69) is 15.3 Å². The number of alkyl halides is 4. The zero-order chi connectivity index (χ0) is 12.2. The molecule has 0 amide bonds. The SMILES string of the molecule is CC(CCl)CNc1nccc(C(F)(F)F)n1. The Labute approximate surface area is 96.0 Å². The maximum Gasteiger partial charge on any atom is 0.433 e. The van der Waals surface area contributed by atoms with Gasteiger partial charge >= 0.3 is 6.18 Å². The van der Waals surface area contributed by atoms with Crippen molar-refractivity contribution in [1.82, 2.24) is 9.97 Å². The van der Waals surface area contributed by atoms with Crippen LogP contribution in [0, 0.1) is 5.92 Å². The van der Waals surface area contributed by atoms with E-state index in [-0.39, 0.29) is 11.9 Å². The number of hydrogen-bond acceptors (Lipinski definition) is 3. The largest absolute Gasteiger partial charge is 0.433 e. The normalized spacial score (nSPS) is 13.6. The molecule has 0 aliphatic heterocycles. The van der Waals surface area contributed by atoms with Crippen LogP contribution in [0.4, 0.5) is 19.1 Å². The van der Waals surface area contributed by atoms with Gasteiger partial charge in [0.2, 0.25) is 5.95 Å². The summed E-state index contributed by atoms with van der Waals surface area (Å²) in [6.07, 6.45) is -3.37. The van der Waals surface area contributed by atoms with Gasteiger partial charge in [-0.25, -0.2) is 9.97 Å². The Kier molecular flexibility index (Phi) is 4.35. The van der Waals surface area contributed by atoms with E-state index in [0.29, 0.717) is 12.4 Å². The predicted molar refractivity (Wildman–Crippen MR) is 55.4 cm³/mol. The van der Waals surface area contributed by atoms with Crippen LogP contribution in [-0.2, 0) is 6.18 Å². The van der Waals surface area contributed by atoms with E-state index in [4.69, 9.17) is 11.6 Å². The number of rotatable bonds is 4. The van der Waals surface area contributed by atoms with Crippen molar-refractivity contribution in [3.05, 3.63) is 18.0 Å². The fraction of sp³-hybridized carbons (Fsp3) is 0.556. The van der Waals surface area contributed by atoms with Gasteiger partial charge < -0.3 is 5.32 Å². The van der Waals surface area contributed by atoms with Gasteiger partial charge in [0.15, 0.2) is 0 Å². The molecular weight excluding hydrogens is 243 g/mol. The molecule has 1 rings (SSSR count). The number of halogens is 4. The summed E-state index contributed by atoms with van der Waals surface area (Å²) in [6, 6.07) is 0.830. The second kappa shape index (κ2) is 5.34. The van der Waals surface area contributed by atoms with E-state index >= 15 is 0 Å². The lowest BCUT2D eigenvalue weighted by Crippen LogP contribution is -2.16. The van der Waals surface area contributed by atoms with Crippen molar-refractivity contribution in [2.24, 2.45) is 5.92 Å². The Morgan fingerprint density at radius 1 is 1.50 bits per heavy atom. The number of anilines is 1. The molecule has 0 aromatic carbocycles. The monoisotopic (exact) mass is 253 g/mol. The molecule has 0 saturated carbocycles. The van der Waals surface area contributed by atoms with Gasteiger partial charge in [-0.1, -0.05) is 6.92 Å². The number of nitrogens with zero attached hydrogens (tertiary/aromatic N) is 2. The molecule has 7 heteroatoms. The highest BCUT2D eigenvalue weighted by Crippen LogP contribution is 2.27. The highest BCUT2D eigenvalue weighted by molar-refractivity contribution is 6.18. The molecule has 1 unspecified atom stereocenters. The zero-order valence-electron chi connectivity index (χ0n) is 8.55. The minimum Gasteiger partial charge on any atom is -0.354 e. The second-order valence-electron chi connectivity index (χ2n) is 3.40. The van der Waals surface area contributed by atoms with Crippen molar-refractivity contribution in [3.8, 4) is 0 Å². The molecule has 0 radical (unpaired) electrons. The summed E-state index contributed by atoms with van der Waals surface area (Å²) in [5.41, 5.74) is -0.955. The Bertz CT molecular complexity index is 343. The van der Waals surface area contributed by atoms with Crippen molar-refractivity contribution in [2.75, 3.05) is 17.7 Å². The smallest absolute Gasteiger partial charge is 0.354 e. The molecule has 1 atom stereocenters. The van der Waals surface area contributed by atoms with E-state index in [1.54, 1.807) is 0 Å². The molecule has 1 N–H and O–H groups in total. The molecule has 16 heavy (non-hydrogen) atoms. The minimum atomic E-state index is -4.45. The third kappa shape index (κ3) is 3.84. The Hall–Kier alpha value is -1.04. The highest BCUT2D eigenvalue weighted by Gasteiger charge is 2.32. The van der Waals surface area contributed by atoms with Gasteiger partial charge in [0.1, 0.15) is 5.69 Å². The number of hydrogen-bond donors (Lipinski definition) is 1. The van der Waals surface area contributed by atoms with Gasteiger partial charge in [0.25, 0.3) is 0 Å². The van der Waals surface area contributed by atoms with Gasteiger partial charge in [-0.15, -0.1) is 11.6 Å². The summed E-state index contributed by atoms with van der Waals surface area (Å²) in [6.45, 7) is 2.30. The Morgan fingerprint density at radius 2 is 2.19 bits per heavy atom. The first-order valence-electron chi connectivity index (χ1n) is 4.63. The Balaban J connectivity index is 2.68. The molecule has 90 valence electrons. The van der Waals surface area contributed by atoms with Crippen LogP contribution in [0.25, 0.3) is 0 Å². The highest BCUT2D eigenvalue weighted by atomic mass is 35.5. The third-order valence-electron chi connectivity index (χ3n) is 1.82. The molecule has 0 fully saturated rings. The molecule has 3 nitrogen and oxygen atoms in total. The maximum atomic E-state index is 12.3. The summed E-state index contributed by atoms with van der Waals surface area (Å²) < 4.78 is 36.9. The standard InChI is InChI=1S/C9H11ClF3N3/c1-6(4-10)5-15-8-14-3-2-7(16-8)9(11,12)13/h2-3,6H,4-5H2,1H3,(H,14,15,16). The van der Waals surface area contributed by atoms with Gasteiger partial charge in [-0.3, -0.25) is 0 Å². The fourth-order valence-electron chi connectivity index (χ4n) is 0.922. The van der Waals surface area contributed by atoms with Crippen LogP contribution in [0.5, 0.6) is 0 Å². The maximum absolute atomic E-state index is 12.3.